The van der Waals surface area contributed by atoms with Crippen molar-refractivity contribution in [2.45, 2.75) is 38.5 Å². The summed E-state index contributed by atoms with van der Waals surface area (Å²) in [6.07, 6.45) is 2.00. The highest BCUT2D eigenvalue weighted by Gasteiger charge is 2.63. The van der Waals surface area contributed by atoms with Crippen molar-refractivity contribution in [3.05, 3.63) is 35.9 Å². The molecule has 3 aromatic rings. The van der Waals surface area contributed by atoms with Gasteiger partial charge in [0.15, 0.2) is 22.8 Å². The van der Waals surface area contributed by atoms with Crippen molar-refractivity contribution < 1.29 is 28.0 Å². The van der Waals surface area contributed by atoms with E-state index in [-0.39, 0.29) is 41.9 Å². The SMILES string of the molecule is C[C@@H]1CN2c3c(cc4c(-c5ncccn5)noc4c3F)CC3(C(=O)NC(=O)NC3=O)[C@H]2[C@H](C)O1. The molecule has 0 unspecified atom stereocenters. The lowest BCUT2D eigenvalue weighted by Crippen LogP contribution is -2.75. The van der Waals surface area contributed by atoms with Crippen molar-refractivity contribution in [2.75, 3.05) is 11.4 Å². The Morgan fingerprint density at radius 1 is 1.15 bits per heavy atom. The molecule has 4 amide bonds. The van der Waals surface area contributed by atoms with Crippen LogP contribution >= 0.6 is 0 Å². The third-order valence-corrected chi connectivity index (χ3v) is 6.74. The van der Waals surface area contributed by atoms with Crippen LogP contribution in [0.5, 0.6) is 0 Å². The van der Waals surface area contributed by atoms with Gasteiger partial charge in [-0.15, -0.1) is 0 Å². The molecule has 11 nitrogen and oxygen atoms in total. The molecule has 34 heavy (non-hydrogen) atoms. The van der Waals surface area contributed by atoms with E-state index in [2.05, 4.69) is 25.8 Å². The first-order valence-electron chi connectivity index (χ1n) is 10.8. The van der Waals surface area contributed by atoms with Gasteiger partial charge in [0.1, 0.15) is 0 Å². The number of rotatable bonds is 1. The summed E-state index contributed by atoms with van der Waals surface area (Å²) in [7, 11) is 0. The number of aromatic nitrogens is 3. The smallest absolute Gasteiger partial charge is 0.328 e. The summed E-state index contributed by atoms with van der Waals surface area (Å²) in [6.45, 7) is 3.78. The molecule has 3 aliphatic heterocycles. The number of amides is 4. The molecule has 2 aromatic heterocycles. The number of fused-ring (bicyclic) bond motifs is 5. The topological polar surface area (TPSA) is 140 Å². The van der Waals surface area contributed by atoms with Crippen LogP contribution in [0.1, 0.15) is 19.4 Å². The fraction of sp³-hybridized carbons (Fsp3) is 0.364. The molecule has 5 heterocycles. The number of carbonyl (C=O) groups is 3. The highest BCUT2D eigenvalue weighted by atomic mass is 19.1. The predicted octanol–water partition coefficient (Wildman–Crippen LogP) is 1.31. The molecule has 2 fully saturated rings. The van der Waals surface area contributed by atoms with Crippen molar-refractivity contribution in [1.29, 1.82) is 0 Å². The third-order valence-electron chi connectivity index (χ3n) is 6.74. The maximum absolute atomic E-state index is 16.0. The normalized spacial score (nSPS) is 25.7. The number of morpholine rings is 1. The third kappa shape index (κ3) is 2.65. The van der Waals surface area contributed by atoms with E-state index >= 15 is 4.39 Å². The fourth-order valence-electron chi connectivity index (χ4n) is 5.53. The van der Waals surface area contributed by atoms with Gasteiger partial charge in [-0.05, 0) is 31.5 Å². The molecule has 0 radical (unpaired) electrons. The lowest BCUT2D eigenvalue weighted by molar-refractivity contribution is -0.153. The molecule has 3 atom stereocenters. The van der Waals surface area contributed by atoms with Gasteiger partial charge in [0.2, 0.25) is 17.4 Å². The van der Waals surface area contributed by atoms with Crippen LogP contribution < -0.4 is 15.5 Å². The molecule has 1 spiro atoms. The Morgan fingerprint density at radius 2 is 1.85 bits per heavy atom. The number of hydrogen-bond donors (Lipinski definition) is 2. The van der Waals surface area contributed by atoms with Gasteiger partial charge in [-0.2, -0.15) is 0 Å². The molecule has 0 saturated carbocycles. The summed E-state index contributed by atoms with van der Waals surface area (Å²) < 4.78 is 27.3. The number of urea groups is 1. The summed E-state index contributed by atoms with van der Waals surface area (Å²) in [5.74, 6) is -1.90. The Labute approximate surface area is 191 Å². The minimum absolute atomic E-state index is 0.0737. The van der Waals surface area contributed by atoms with Crippen LogP contribution in [0, 0.1) is 11.2 Å². The van der Waals surface area contributed by atoms with E-state index in [4.69, 9.17) is 9.26 Å². The Bertz CT molecular complexity index is 1360. The second-order valence-corrected chi connectivity index (χ2v) is 8.81. The molecule has 1 aromatic carbocycles. The lowest BCUT2D eigenvalue weighted by Gasteiger charge is -2.55. The number of carbonyl (C=O) groups excluding carboxylic acids is 3. The van der Waals surface area contributed by atoms with Gasteiger partial charge in [0, 0.05) is 25.4 Å². The second kappa shape index (κ2) is 7.03. The number of ether oxygens (including phenoxy) is 1. The van der Waals surface area contributed by atoms with Gasteiger partial charge in [-0.1, -0.05) is 5.16 Å². The molecule has 0 aliphatic carbocycles. The van der Waals surface area contributed by atoms with Crippen LogP contribution in [0.15, 0.2) is 29.0 Å². The number of hydrogen-bond acceptors (Lipinski definition) is 9. The van der Waals surface area contributed by atoms with Crippen molar-refractivity contribution in [3.8, 4) is 11.5 Å². The predicted molar refractivity (Wildman–Crippen MR) is 114 cm³/mol. The van der Waals surface area contributed by atoms with Crippen LogP contribution in [0.25, 0.3) is 22.5 Å². The number of nitrogens with zero attached hydrogens (tertiary/aromatic N) is 4. The second-order valence-electron chi connectivity index (χ2n) is 8.81. The first-order chi connectivity index (χ1) is 16.3. The van der Waals surface area contributed by atoms with Crippen molar-refractivity contribution in [3.63, 3.8) is 0 Å². The molecule has 174 valence electrons. The van der Waals surface area contributed by atoms with Crippen LogP contribution in [-0.2, 0) is 20.7 Å². The largest absolute Gasteiger partial charge is 0.372 e. The minimum Gasteiger partial charge on any atom is -0.372 e. The molecule has 0 bridgehead atoms. The van der Waals surface area contributed by atoms with E-state index in [9.17, 15) is 14.4 Å². The number of halogens is 1. The average molecular weight is 466 g/mol. The van der Waals surface area contributed by atoms with Gasteiger partial charge in [0.25, 0.3) is 0 Å². The van der Waals surface area contributed by atoms with E-state index in [1.54, 1.807) is 24.0 Å². The van der Waals surface area contributed by atoms with Gasteiger partial charge in [-0.25, -0.2) is 19.2 Å². The standard InChI is InChI=1S/C22H19FN6O5/c1-9-8-29-15-11(6-12-14(18-24-4-3-5-25-18)28-34-16(12)13(15)23)7-22(17(29)10(2)33-9)19(30)26-21(32)27-20(22)31/h3-6,9-10,17H,7-8H2,1-2H3,(H2,26,27,30,31,32)/t9-,10+,17-/m1/s1. The number of imide groups is 2. The van der Waals surface area contributed by atoms with Crippen LogP contribution in [0.2, 0.25) is 0 Å². The summed E-state index contributed by atoms with van der Waals surface area (Å²) in [5, 5.41) is 8.73. The fourth-order valence-corrected chi connectivity index (χ4v) is 5.53. The first kappa shape index (κ1) is 20.7. The number of barbiturate groups is 1. The molecule has 12 heteroatoms. The summed E-state index contributed by atoms with van der Waals surface area (Å²) in [4.78, 5) is 48.4. The zero-order chi connectivity index (χ0) is 23.8. The number of anilines is 1. The van der Waals surface area contributed by atoms with Crippen LogP contribution in [0.4, 0.5) is 14.9 Å². The van der Waals surface area contributed by atoms with Crippen molar-refractivity contribution in [1.82, 2.24) is 25.8 Å². The Hall–Kier alpha value is -3.93. The summed E-state index contributed by atoms with van der Waals surface area (Å²) >= 11 is 0. The maximum atomic E-state index is 16.0. The van der Waals surface area contributed by atoms with E-state index < -0.39 is 41.2 Å². The van der Waals surface area contributed by atoms with Crippen molar-refractivity contribution in [2.24, 2.45) is 5.41 Å². The van der Waals surface area contributed by atoms with Gasteiger partial charge >= 0.3 is 6.03 Å². The Balaban J connectivity index is 1.61. The molecular weight excluding hydrogens is 447 g/mol. The molecular formula is C22H19FN6O5. The van der Waals surface area contributed by atoms with E-state index in [1.165, 1.54) is 12.4 Å². The number of nitrogens with one attached hydrogen (secondary N) is 2. The maximum Gasteiger partial charge on any atom is 0.328 e. The van der Waals surface area contributed by atoms with E-state index in [0.29, 0.717) is 10.9 Å². The molecule has 2 N–H and O–H groups in total. The van der Waals surface area contributed by atoms with Crippen LogP contribution in [-0.4, -0.2) is 57.8 Å². The molecule has 2 saturated heterocycles. The van der Waals surface area contributed by atoms with E-state index in [0.717, 1.165) is 0 Å². The average Bonchev–Trinajstić information content (AvgIpc) is 3.21. The van der Waals surface area contributed by atoms with Gasteiger partial charge in [0.05, 0.1) is 29.3 Å². The van der Waals surface area contributed by atoms with Gasteiger partial charge < -0.3 is 14.2 Å². The number of benzene rings is 1. The summed E-state index contributed by atoms with van der Waals surface area (Å²) in [5.41, 5.74) is -0.913. The highest BCUT2D eigenvalue weighted by Crippen LogP contribution is 2.49. The first-order valence-corrected chi connectivity index (χ1v) is 10.8. The van der Waals surface area contributed by atoms with E-state index in [1.807, 2.05) is 6.92 Å². The lowest BCUT2D eigenvalue weighted by atomic mass is 9.66. The zero-order valence-corrected chi connectivity index (χ0v) is 18.2. The van der Waals surface area contributed by atoms with Crippen LogP contribution in [0.3, 0.4) is 0 Å². The zero-order valence-electron chi connectivity index (χ0n) is 18.2. The quantitative estimate of drug-likeness (QED) is 0.508. The minimum atomic E-state index is -1.71. The molecule has 3 aliphatic rings. The van der Waals surface area contributed by atoms with Crippen molar-refractivity contribution >= 4 is 34.5 Å². The Morgan fingerprint density at radius 3 is 2.56 bits per heavy atom. The summed E-state index contributed by atoms with van der Waals surface area (Å²) in [6, 6.07) is 1.55. The molecule has 6 rings (SSSR count). The Kier molecular flexibility index (Phi) is 4.27. The van der Waals surface area contributed by atoms with Gasteiger partial charge in [-0.3, -0.25) is 20.2 Å². The monoisotopic (exact) mass is 466 g/mol. The highest BCUT2D eigenvalue weighted by molar-refractivity contribution is 6.20.